The van der Waals surface area contributed by atoms with Crippen molar-refractivity contribution in [2.45, 2.75) is 20.3 Å². The number of likely N-dealkylation sites (N-methyl/N-ethyl adjacent to an activating group) is 1. The molecule has 0 bridgehead atoms. The fourth-order valence-corrected chi connectivity index (χ4v) is 1.19. The van der Waals surface area contributed by atoms with E-state index in [1.807, 2.05) is 0 Å². The second kappa shape index (κ2) is 8.41. The Bertz CT molecular complexity index is 142. The Morgan fingerprint density at radius 2 is 2.08 bits per heavy atom. The molecule has 0 rings (SSSR count). The van der Waals surface area contributed by atoms with Gasteiger partial charge in [0.1, 0.15) is 0 Å². The van der Waals surface area contributed by atoms with Crippen molar-refractivity contribution in [2.24, 2.45) is 5.73 Å². The summed E-state index contributed by atoms with van der Waals surface area (Å²) in [7, 11) is 0. The van der Waals surface area contributed by atoms with E-state index < -0.39 is 0 Å². The van der Waals surface area contributed by atoms with E-state index in [1.54, 1.807) is 0 Å². The Hall–Kier alpha value is -0.190. The molecule has 0 saturated carbocycles. The minimum Gasteiger partial charge on any atom is -0.392 e. The molecule has 0 spiro atoms. The topological polar surface area (TPSA) is 38.5 Å². The van der Waals surface area contributed by atoms with E-state index in [1.165, 1.54) is 0 Å². The van der Waals surface area contributed by atoms with Crippen LogP contribution in [0.15, 0.2) is 0 Å². The Labute approximate surface area is 86.2 Å². The zero-order valence-corrected chi connectivity index (χ0v) is 9.40. The van der Waals surface area contributed by atoms with Gasteiger partial charge in [0, 0.05) is 19.7 Å². The average molecular weight is 204 g/mol. The van der Waals surface area contributed by atoms with Crippen LogP contribution in [0.25, 0.3) is 0 Å². The van der Waals surface area contributed by atoms with Crippen LogP contribution in [0.5, 0.6) is 0 Å². The summed E-state index contributed by atoms with van der Waals surface area (Å²) in [6.45, 7) is 8.38. The number of nitrogens with two attached hydrogens (primary N) is 1. The molecule has 0 aromatic heterocycles. The van der Waals surface area contributed by atoms with Crippen molar-refractivity contribution < 1.29 is 4.74 Å². The molecule has 0 aromatic rings. The van der Waals surface area contributed by atoms with Crippen molar-refractivity contribution >= 4 is 17.2 Å². The lowest BCUT2D eigenvalue weighted by Crippen LogP contribution is -2.35. The van der Waals surface area contributed by atoms with E-state index >= 15 is 0 Å². The second-order valence-corrected chi connectivity index (χ2v) is 3.47. The first-order valence-corrected chi connectivity index (χ1v) is 5.19. The van der Waals surface area contributed by atoms with Gasteiger partial charge in [-0.1, -0.05) is 26.1 Å². The molecule has 0 fully saturated rings. The minimum atomic E-state index is 0.553. The molecule has 78 valence electrons. The third-order valence-corrected chi connectivity index (χ3v) is 1.86. The van der Waals surface area contributed by atoms with Crippen LogP contribution >= 0.6 is 12.2 Å². The Morgan fingerprint density at radius 1 is 1.38 bits per heavy atom. The Balaban J connectivity index is 3.42. The third-order valence-electron chi connectivity index (χ3n) is 1.73. The number of hydrogen-bond acceptors (Lipinski definition) is 3. The van der Waals surface area contributed by atoms with Crippen LogP contribution in [0.4, 0.5) is 0 Å². The van der Waals surface area contributed by atoms with E-state index in [-0.39, 0.29) is 0 Å². The maximum absolute atomic E-state index is 5.45. The fraction of sp³-hybridized carbons (Fsp3) is 0.889. The van der Waals surface area contributed by atoms with Crippen molar-refractivity contribution in [3.63, 3.8) is 0 Å². The van der Waals surface area contributed by atoms with Gasteiger partial charge in [0.2, 0.25) is 0 Å². The second-order valence-electron chi connectivity index (χ2n) is 2.95. The molecule has 0 unspecified atom stereocenters. The van der Waals surface area contributed by atoms with Gasteiger partial charge >= 0.3 is 0 Å². The van der Waals surface area contributed by atoms with E-state index in [0.717, 1.165) is 32.7 Å². The van der Waals surface area contributed by atoms with Gasteiger partial charge in [0.05, 0.1) is 11.6 Å². The smallest absolute Gasteiger partial charge is 0.0870 e. The van der Waals surface area contributed by atoms with Crippen LogP contribution in [-0.2, 0) is 4.74 Å². The summed E-state index contributed by atoms with van der Waals surface area (Å²) in [6, 6.07) is 0. The first kappa shape index (κ1) is 12.8. The van der Waals surface area contributed by atoms with Gasteiger partial charge in [-0.3, -0.25) is 4.90 Å². The van der Waals surface area contributed by atoms with E-state index in [4.69, 9.17) is 22.7 Å². The van der Waals surface area contributed by atoms with Crippen LogP contribution in [0.3, 0.4) is 0 Å². The number of rotatable bonds is 8. The minimum absolute atomic E-state index is 0.553. The first-order chi connectivity index (χ1) is 6.20. The van der Waals surface area contributed by atoms with E-state index in [2.05, 4.69) is 18.7 Å². The van der Waals surface area contributed by atoms with Crippen molar-refractivity contribution in [3.05, 3.63) is 0 Å². The highest BCUT2D eigenvalue weighted by atomic mass is 32.1. The van der Waals surface area contributed by atoms with Gasteiger partial charge in [-0.25, -0.2) is 0 Å². The molecule has 0 aliphatic rings. The molecule has 2 N–H and O–H groups in total. The highest BCUT2D eigenvalue weighted by molar-refractivity contribution is 7.80. The molecule has 0 aliphatic heterocycles. The average Bonchev–Trinajstić information content (AvgIpc) is 2.09. The van der Waals surface area contributed by atoms with Gasteiger partial charge in [0.15, 0.2) is 0 Å². The van der Waals surface area contributed by atoms with Crippen molar-refractivity contribution in [1.82, 2.24) is 4.90 Å². The standard InChI is InChI=1S/C9H20N2OS/c1-3-6-12-7-5-11(4-2)8-9(10)13/h3-8H2,1-2H3,(H2,10,13). The highest BCUT2D eigenvalue weighted by Crippen LogP contribution is 1.89. The van der Waals surface area contributed by atoms with Crippen molar-refractivity contribution in [3.8, 4) is 0 Å². The summed E-state index contributed by atoms with van der Waals surface area (Å²) in [5.74, 6) is 0. The quantitative estimate of drug-likeness (QED) is 0.473. The Kier molecular flexibility index (Phi) is 8.29. The SMILES string of the molecule is CCCOCCN(CC)CC(N)=S. The normalized spacial score (nSPS) is 10.7. The molecule has 4 heteroatoms. The summed E-state index contributed by atoms with van der Waals surface area (Å²) in [5.41, 5.74) is 5.45. The van der Waals surface area contributed by atoms with Crippen LogP contribution in [0, 0.1) is 0 Å². The third kappa shape index (κ3) is 8.15. The molecular formula is C9H20N2OS. The molecule has 0 saturated heterocycles. The number of hydrogen-bond donors (Lipinski definition) is 1. The molecule has 0 radical (unpaired) electrons. The molecule has 0 aliphatic carbocycles. The number of thiocarbonyl (C=S) groups is 1. The summed E-state index contributed by atoms with van der Waals surface area (Å²) < 4.78 is 5.37. The van der Waals surface area contributed by atoms with Crippen LogP contribution in [-0.4, -0.2) is 42.7 Å². The number of nitrogens with zero attached hydrogens (tertiary/aromatic N) is 1. The highest BCUT2D eigenvalue weighted by Gasteiger charge is 2.02. The van der Waals surface area contributed by atoms with Gasteiger partial charge in [-0.15, -0.1) is 0 Å². The molecule has 0 heterocycles. The number of ether oxygens (including phenoxy) is 1. The van der Waals surface area contributed by atoms with Crippen LogP contribution in [0.2, 0.25) is 0 Å². The van der Waals surface area contributed by atoms with E-state index in [9.17, 15) is 0 Å². The summed E-state index contributed by atoms with van der Waals surface area (Å²) in [5, 5.41) is 0. The molecule has 0 aromatic carbocycles. The summed E-state index contributed by atoms with van der Waals surface area (Å²) in [4.78, 5) is 2.73. The lowest BCUT2D eigenvalue weighted by Gasteiger charge is -2.19. The molecule has 13 heavy (non-hydrogen) atoms. The molecule has 0 amide bonds. The predicted octanol–water partition coefficient (Wildman–Crippen LogP) is 1.02. The maximum Gasteiger partial charge on any atom is 0.0870 e. The van der Waals surface area contributed by atoms with Gasteiger partial charge < -0.3 is 10.5 Å². The van der Waals surface area contributed by atoms with Gasteiger partial charge in [0.25, 0.3) is 0 Å². The zero-order chi connectivity index (χ0) is 10.1. The molecule has 0 atom stereocenters. The maximum atomic E-state index is 5.45. The molecule has 3 nitrogen and oxygen atoms in total. The lowest BCUT2D eigenvalue weighted by atomic mass is 10.4. The lowest BCUT2D eigenvalue weighted by molar-refractivity contribution is 0.110. The van der Waals surface area contributed by atoms with Crippen molar-refractivity contribution in [1.29, 1.82) is 0 Å². The van der Waals surface area contributed by atoms with Crippen LogP contribution in [0.1, 0.15) is 20.3 Å². The first-order valence-electron chi connectivity index (χ1n) is 4.79. The van der Waals surface area contributed by atoms with Crippen molar-refractivity contribution in [2.75, 3.05) is 32.8 Å². The van der Waals surface area contributed by atoms with Gasteiger partial charge in [-0.05, 0) is 13.0 Å². The molecular weight excluding hydrogens is 184 g/mol. The predicted molar refractivity (Wildman–Crippen MR) is 60.0 cm³/mol. The Morgan fingerprint density at radius 3 is 2.54 bits per heavy atom. The summed E-state index contributed by atoms with van der Waals surface area (Å²) in [6.07, 6.45) is 1.07. The van der Waals surface area contributed by atoms with Gasteiger partial charge in [-0.2, -0.15) is 0 Å². The van der Waals surface area contributed by atoms with Crippen LogP contribution < -0.4 is 5.73 Å². The fourth-order valence-electron chi connectivity index (χ4n) is 1.01. The zero-order valence-electron chi connectivity index (χ0n) is 8.58. The summed E-state index contributed by atoms with van der Waals surface area (Å²) >= 11 is 4.84. The largest absolute Gasteiger partial charge is 0.392 e. The monoisotopic (exact) mass is 204 g/mol. The van der Waals surface area contributed by atoms with E-state index in [0.29, 0.717) is 11.5 Å².